The SMILES string of the molecule is CCCCS(=O)Cc1coc2ccc(S(=O)(=O)N(CC(C)C)C[C@@H](O)[C@H](Cc3ccccc3)NC(=O)OC3COC4OCCC34)cc12.CCCCSCc1coc2ccc(S(=O)(=O)N(CC(C)C)C[C@@H](O)[C@H](Cc3ccccc3)NC(=O)OC3COC4OCCC34)cc12. The van der Waals surface area contributed by atoms with Crippen molar-refractivity contribution in [3.05, 3.63) is 132 Å². The smallest absolute Gasteiger partial charge is 0.407 e. The molecule has 0 bridgehead atoms. The Hall–Kier alpha value is -5.42. The number of rotatable bonds is 32. The van der Waals surface area contributed by atoms with E-state index >= 15 is 0 Å². The molecule has 93 heavy (non-hydrogen) atoms. The van der Waals surface area contributed by atoms with Crippen molar-refractivity contribution in [3.8, 4) is 0 Å². The largest absolute Gasteiger partial charge is 0.464 e. The number of alkyl carbamates (subject to hydrolysis) is 2. The fourth-order valence-electron chi connectivity index (χ4n) is 12.0. The lowest BCUT2D eigenvalue weighted by atomic mass is 10.0. The van der Waals surface area contributed by atoms with E-state index in [2.05, 4.69) is 17.6 Å². The second-order valence-electron chi connectivity index (χ2n) is 25.3. The summed E-state index contributed by atoms with van der Waals surface area (Å²) >= 11 is 1.80. The molecule has 0 saturated carbocycles. The summed E-state index contributed by atoms with van der Waals surface area (Å²) < 4.78 is 117. The Morgan fingerprint density at radius 1 is 0.624 bits per heavy atom. The molecule has 7 unspecified atom stereocenters. The van der Waals surface area contributed by atoms with E-state index in [1.165, 1.54) is 20.9 Å². The van der Waals surface area contributed by atoms with E-state index < -0.39 is 79.5 Å². The zero-order valence-electron chi connectivity index (χ0n) is 54.0. The van der Waals surface area contributed by atoms with E-state index in [0.717, 1.165) is 72.1 Å². The number of hydrogen-bond acceptors (Lipinski definition) is 18. The number of furan rings is 2. The molecule has 0 aliphatic carbocycles. The van der Waals surface area contributed by atoms with E-state index in [4.69, 9.17) is 37.3 Å². The van der Waals surface area contributed by atoms with Crippen molar-refractivity contribution in [3.63, 3.8) is 0 Å². The first-order chi connectivity index (χ1) is 44.7. The number of nitrogens with zero attached hydrogens (tertiary/aromatic N) is 2. The van der Waals surface area contributed by atoms with E-state index in [1.807, 2.05) is 95.3 Å². The lowest BCUT2D eigenvalue weighted by molar-refractivity contribution is -0.0909. The van der Waals surface area contributed by atoms with Gasteiger partial charge in [0, 0.05) is 70.4 Å². The van der Waals surface area contributed by atoms with Crippen molar-refractivity contribution in [2.45, 2.75) is 163 Å². The average molecular weight is 1370 g/mol. The van der Waals surface area contributed by atoms with E-state index in [-0.39, 0.29) is 104 Å². The Morgan fingerprint density at radius 2 is 1.08 bits per heavy atom. The van der Waals surface area contributed by atoms with Gasteiger partial charge in [0.25, 0.3) is 0 Å². The molecule has 21 nitrogen and oxygen atoms in total. The van der Waals surface area contributed by atoms with Crippen molar-refractivity contribution in [1.82, 2.24) is 19.2 Å². The van der Waals surface area contributed by atoms with Gasteiger partial charge in [-0.15, -0.1) is 0 Å². The third-order valence-corrected chi connectivity index (χ3v) is 23.1. The maximum atomic E-state index is 14.2. The highest BCUT2D eigenvalue weighted by Gasteiger charge is 2.46. The molecule has 4 aliphatic heterocycles. The molecular formula is C68H92N4O17S4. The molecule has 6 aromatic rings. The molecule has 4 aliphatic rings. The van der Waals surface area contributed by atoms with Crippen LogP contribution in [0.1, 0.15) is 102 Å². The van der Waals surface area contributed by atoms with Crippen LogP contribution >= 0.6 is 11.8 Å². The zero-order chi connectivity index (χ0) is 66.2. The summed E-state index contributed by atoms with van der Waals surface area (Å²) in [5.74, 6) is 2.45. The Kier molecular flexibility index (Phi) is 26.3. The minimum Gasteiger partial charge on any atom is -0.464 e. The second-order valence-corrected chi connectivity index (χ2v) is 31.8. The van der Waals surface area contributed by atoms with Crippen LogP contribution in [0.15, 0.2) is 128 Å². The number of nitrogens with one attached hydrogen (secondary N) is 2. The minimum absolute atomic E-state index is 0.0143. The van der Waals surface area contributed by atoms with Crippen LogP contribution in [0.25, 0.3) is 21.9 Å². The fraction of sp³-hybridized carbons (Fsp3) is 0.559. The topological polar surface area (TPSA) is 272 Å². The first kappa shape index (κ1) is 71.9. The number of hydrogen-bond donors (Lipinski definition) is 4. The third kappa shape index (κ3) is 19.4. The van der Waals surface area contributed by atoms with Gasteiger partial charge in [0.15, 0.2) is 12.6 Å². The maximum absolute atomic E-state index is 14.2. The van der Waals surface area contributed by atoms with Gasteiger partial charge < -0.3 is 58.1 Å². The summed E-state index contributed by atoms with van der Waals surface area (Å²) in [7, 11) is -9.22. The summed E-state index contributed by atoms with van der Waals surface area (Å²) in [6.45, 7) is 13.3. The van der Waals surface area contributed by atoms with Crippen LogP contribution in [-0.2, 0) is 83.6 Å². The van der Waals surface area contributed by atoms with Crippen LogP contribution < -0.4 is 10.6 Å². The molecular weight excluding hydrogens is 1270 g/mol. The molecule has 510 valence electrons. The predicted octanol–water partition coefficient (Wildman–Crippen LogP) is 10.2. The van der Waals surface area contributed by atoms with Gasteiger partial charge >= 0.3 is 12.2 Å². The van der Waals surface area contributed by atoms with Crippen molar-refractivity contribution in [1.29, 1.82) is 0 Å². The Bertz CT molecular complexity index is 3610. The van der Waals surface area contributed by atoms with Gasteiger partial charge in [-0.2, -0.15) is 20.4 Å². The van der Waals surface area contributed by atoms with Crippen molar-refractivity contribution in [2.24, 2.45) is 23.7 Å². The second kappa shape index (κ2) is 34.0. The lowest BCUT2D eigenvalue weighted by Gasteiger charge is -2.31. The Labute approximate surface area is 553 Å². The molecule has 11 atom stereocenters. The summed E-state index contributed by atoms with van der Waals surface area (Å²) in [6, 6.07) is 26.7. The van der Waals surface area contributed by atoms with Gasteiger partial charge in [-0.3, -0.25) is 4.21 Å². The quantitative estimate of drug-likeness (QED) is 0.0286. The number of unbranched alkanes of at least 4 members (excludes halogenated alkanes) is 2. The molecule has 0 spiro atoms. The standard InChI is InChI=1S/C34H46N2O9S2.C34H46N2O8S2/c1-4-5-15-46(39)22-25-20-43-31-12-11-26(17-28(25)31)47(40,41)36(18-23(2)3)19-30(37)29(16-24-9-7-6-8-10-24)35-34(38)45-32-21-44-33-27(32)13-14-42-33;1-4-5-15-45-22-25-20-42-31-12-11-26(17-28(25)31)46(39,40)36(18-23(2)3)19-30(37)29(16-24-9-7-6-8-10-24)35-34(38)44-32-21-43-33-27(32)13-14-41-33/h6-12,17,20,23,27,29-30,32-33,37H,4-5,13-16,18-19,21-22H2,1-3H3,(H,35,38);6-12,17,20,23,27,29-30,32-33,37H,4-5,13-16,18-19,21-22H2,1-3H3,(H,35,38)/t27?,29-,30+,32?,33?,46?;27?,29-,30+,32?,33?/m00/s1. The van der Waals surface area contributed by atoms with Crippen LogP contribution in [0.5, 0.6) is 0 Å². The molecule has 10 rings (SSSR count). The number of fused-ring (bicyclic) bond motifs is 4. The number of aliphatic hydroxyl groups excluding tert-OH is 2. The predicted molar refractivity (Wildman–Crippen MR) is 357 cm³/mol. The first-order valence-corrected chi connectivity index (χ1v) is 38.0. The van der Waals surface area contributed by atoms with Gasteiger partial charge in [-0.1, -0.05) is 115 Å². The van der Waals surface area contributed by atoms with Crippen molar-refractivity contribution >= 4 is 76.7 Å². The van der Waals surface area contributed by atoms with Gasteiger partial charge in [-0.05, 0) is 104 Å². The summed E-state index contributed by atoms with van der Waals surface area (Å²) in [5, 5.41) is 30.2. The fourth-order valence-corrected chi connectivity index (χ4v) is 17.7. The normalized spacial score (nSPS) is 21.4. The van der Waals surface area contributed by atoms with E-state index in [1.54, 1.807) is 48.4 Å². The van der Waals surface area contributed by atoms with Crippen LogP contribution in [-0.4, -0.2) is 165 Å². The molecule has 4 fully saturated rings. The molecule has 6 heterocycles. The molecule has 4 saturated heterocycles. The van der Waals surface area contributed by atoms with Gasteiger partial charge in [0.05, 0.1) is 90.6 Å². The lowest BCUT2D eigenvalue weighted by Crippen LogP contribution is -2.51. The number of carbonyl (C=O) groups excluding carboxylic acids is 2. The number of carbonyl (C=O) groups is 2. The van der Waals surface area contributed by atoms with Gasteiger partial charge in [0.2, 0.25) is 20.0 Å². The number of ether oxygens (including phenoxy) is 6. The van der Waals surface area contributed by atoms with Crippen LogP contribution in [0.4, 0.5) is 9.59 Å². The highest BCUT2D eigenvalue weighted by atomic mass is 32.2. The number of aliphatic hydroxyl groups is 2. The highest BCUT2D eigenvalue weighted by molar-refractivity contribution is 7.98. The van der Waals surface area contributed by atoms with E-state index in [0.29, 0.717) is 41.1 Å². The van der Waals surface area contributed by atoms with Crippen LogP contribution in [0.2, 0.25) is 0 Å². The number of amides is 2. The average Bonchev–Trinajstić information content (AvgIpc) is 1.79. The summed E-state index contributed by atoms with van der Waals surface area (Å²) in [6.07, 6.45) is 3.70. The minimum atomic E-state index is -4.10. The van der Waals surface area contributed by atoms with Gasteiger partial charge in [0.1, 0.15) is 23.4 Å². The van der Waals surface area contributed by atoms with E-state index in [9.17, 15) is 40.8 Å². The number of benzene rings is 4. The summed E-state index contributed by atoms with van der Waals surface area (Å²) in [4.78, 5) is 26.4. The molecule has 2 aromatic heterocycles. The van der Waals surface area contributed by atoms with Crippen molar-refractivity contribution in [2.75, 3.05) is 64.1 Å². The molecule has 0 radical (unpaired) electrons. The Balaban J connectivity index is 0.000000219. The molecule has 4 N–H and O–H groups in total. The zero-order valence-corrected chi connectivity index (χ0v) is 57.3. The van der Waals surface area contributed by atoms with Crippen LogP contribution in [0, 0.1) is 23.7 Å². The highest BCUT2D eigenvalue weighted by Crippen LogP contribution is 2.36. The number of sulfonamides is 2. The molecule has 4 aromatic carbocycles. The first-order valence-electron chi connectivity index (χ1n) is 32.5. The maximum Gasteiger partial charge on any atom is 0.407 e. The molecule has 25 heteroatoms. The molecule has 2 amide bonds. The monoisotopic (exact) mass is 1360 g/mol. The number of thioether (sulfide) groups is 1. The van der Waals surface area contributed by atoms with Crippen molar-refractivity contribution < 1.29 is 78.1 Å². The summed E-state index contributed by atoms with van der Waals surface area (Å²) in [5.41, 5.74) is 4.53. The van der Waals surface area contributed by atoms with Crippen LogP contribution in [0.3, 0.4) is 0 Å². The van der Waals surface area contributed by atoms with Gasteiger partial charge in [-0.25, -0.2) is 26.4 Å². The third-order valence-electron chi connectivity index (χ3n) is 17.0. The Morgan fingerprint density at radius 3 is 1.53 bits per heavy atom.